The maximum atomic E-state index is 13.1. The van der Waals surface area contributed by atoms with Gasteiger partial charge in [0.2, 0.25) is 0 Å². The van der Waals surface area contributed by atoms with Gasteiger partial charge in [0.1, 0.15) is 4.90 Å². The van der Waals surface area contributed by atoms with E-state index in [0.29, 0.717) is 12.1 Å². The van der Waals surface area contributed by atoms with Gasteiger partial charge in [0.15, 0.2) is 5.71 Å². The van der Waals surface area contributed by atoms with E-state index in [1.807, 2.05) is 0 Å². The molecule has 11 heteroatoms. The number of halogens is 6. The Kier molecular flexibility index (Phi) is 5.31. The number of nitrogens with zero attached hydrogens (tertiary/aromatic N) is 1. The Morgan fingerprint density at radius 3 is 1.92 bits per heavy atom. The van der Waals surface area contributed by atoms with Gasteiger partial charge in [-0.05, 0) is 12.1 Å². The van der Waals surface area contributed by atoms with Crippen LogP contribution in [0.3, 0.4) is 0 Å². The third-order valence-electron chi connectivity index (χ3n) is 3.08. The van der Waals surface area contributed by atoms with E-state index in [9.17, 15) is 34.8 Å². The van der Waals surface area contributed by atoms with Crippen LogP contribution in [0.1, 0.15) is 11.1 Å². The van der Waals surface area contributed by atoms with Crippen molar-refractivity contribution in [2.75, 3.05) is 0 Å². The standard InChI is InChI=1S/C15H10F6N2O2S/c16-14(17,18)11-8-4-5-9-12(11)26(24,25)23-22-13(15(19,20)21)10-6-2-1-3-7-10/h1-9,23H/b22-13-. The number of sulfonamides is 1. The van der Waals surface area contributed by atoms with E-state index in [1.165, 1.54) is 23.0 Å². The molecule has 4 nitrogen and oxygen atoms in total. The van der Waals surface area contributed by atoms with E-state index in [4.69, 9.17) is 0 Å². The third kappa shape index (κ3) is 4.54. The fourth-order valence-corrected chi connectivity index (χ4v) is 3.02. The topological polar surface area (TPSA) is 58.5 Å². The SMILES string of the molecule is O=S(=O)(N/N=C(/c1ccccc1)C(F)(F)F)c1ccccc1C(F)(F)F. The van der Waals surface area contributed by atoms with Crippen LogP contribution in [0.5, 0.6) is 0 Å². The fraction of sp³-hybridized carbons (Fsp3) is 0.133. The molecule has 26 heavy (non-hydrogen) atoms. The minimum atomic E-state index is -5.03. The predicted octanol–water partition coefficient (Wildman–Crippen LogP) is 3.95. The van der Waals surface area contributed by atoms with Gasteiger partial charge < -0.3 is 0 Å². The van der Waals surface area contributed by atoms with Crippen molar-refractivity contribution < 1.29 is 34.8 Å². The van der Waals surface area contributed by atoms with Crippen LogP contribution in [0.15, 0.2) is 64.6 Å². The predicted molar refractivity (Wildman–Crippen MR) is 80.8 cm³/mol. The van der Waals surface area contributed by atoms with Crippen molar-refractivity contribution in [1.29, 1.82) is 0 Å². The summed E-state index contributed by atoms with van der Waals surface area (Å²) < 4.78 is 102. The minimum Gasteiger partial charge on any atom is -0.200 e. The van der Waals surface area contributed by atoms with Crippen molar-refractivity contribution in [3.63, 3.8) is 0 Å². The number of hydrogen-bond acceptors (Lipinski definition) is 3. The van der Waals surface area contributed by atoms with Gasteiger partial charge in [-0.3, -0.25) is 0 Å². The highest BCUT2D eigenvalue weighted by molar-refractivity contribution is 7.89. The molecule has 0 heterocycles. The van der Waals surface area contributed by atoms with E-state index >= 15 is 0 Å². The second kappa shape index (κ2) is 6.98. The Labute approximate surface area is 144 Å². The minimum absolute atomic E-state index is 0.452. The Hall–Kier alpha value is -2.56. The highest BCUT2D eigenvalue weighted by Crippen LogP contribution is 2.34. The van der Waals surface area contributed by atoms with Crippen molar-refractivity contribution >= 4 is 15.7 Å². The second-order valence-electron chi connectivity index (χ2n) is 4.91. The molecular formula is C15H10F6N2O2S. The van der Waals surface area contributed by atoms with E-state index < -0.39 is 44.1 Å². The molecular weight excluding hydrogens is 386 g/mol. The van der Waals surface area contributed by atoms with Crippen LogP contribution in [0.4, 0.5) is 26.3 Å². The zero-order chi connectivity index (χ0) is 19.6. The van der Waals surface area contributed by atoms with Gasteiger partial charge in [0.25, 0.3) is 10.0 Å². The van der Waals surface area contributed by atoms with Crippen LogP contribution >= 0.6 is 0 Å². The molecule has 0 saturated carbocycles. The molecule has 0 radical (unpaired) electrons. The molecule has 0 fully saturated rings. The Balaban J connectivity index is 2.48. The monoisotopic (exact) mass is 396 g/mol. The average Bonchev–Trinajstić information content (AvgIpc) is 2.54. The molecule has 1 N–H and O–H groups in total. The number of nitrogens with one attached hydrogen (secondary N) is 1. The molecule has 0 bridgehead atoms. The summed E-state index contributed by atoms with van der Waals surface area (Å²) in [6.45, 7) is 0. The van der Waals surface area contributed by atoms with E-state index in [1.54, 1.807) is 0 Å². The first-order chi connectivity index (χ1) is 11.9. The van der Waals surface area contributed by atoms with Crippen LogP contribution in [0, 0.1) is 0 Å². The highest BCUT2D eigenvalue weighted by Gasteiger charge is 2.39. The molecule has 0 aliphatic rings. The molecule has 2 rings (SSSR count). The number of rotatable bonds is 4. The average molecular weight is 396 g/mol. The highest BCUT2D eigenvalue weighted by atomic mass is 32.2. The first-order valence-electron chi connectivity index (χ1n) is 6.81. The first kappa shape index (κ1) is 19.8. The van der Waals surface area contributed by atoms with Crippen LogP contribution in [0.2, 0.25) is 0 Å². The van der Waals surface area contributed by atoms with Crippen molar-refractivity contribution in [3.05, 3.63) is 65.7 Å². The lowest BCUT2D eigenvalue weighted by Crippen LogP contribution is -2.30. The van der Waals surface area contributed by atoms with E-state index in [0.717, 1.165) is 24.3 Å². The number of benzene rings is 2. The van der Waals surface area contributed by atoms with Crippen molar-refractivity contribution in [1.82, 2.24) is 4.83 Å². The first-order valence-corrected chi connectivity index (χ1v) is 8.29. The lowest BCUT2D eigenvalue weighted by Gasteiger charge is -2.14. The van der Waals surface area contributed by atoms with Gasteiger partial charge in [-0.15, -0.1) is 0 Å². The lowest BCUT2D eigenvalue weighted by atomic mass is 10.1. The van der Waals surface area contributed by atoms with Gasteiger partial charge >= 0.3 is 12.4 Å². The Bertz CT molecular complexity index is 906. The molecule has 0 atom stereocenters. The summed E-state index contributed by atoms with van der Waals surface area (Å²) >= 11 is 0. The number of hydrogen-bond donors (Lipinski definition) is 1. The lowest BCUT2D eigenvalue weighted by molar-refractivity contribution is -0.139. The molecule has 0 aliphatic heterocycles. The normalized spacial score (nSPS) is 13.5. The fourth-order valence-electron chi connectivity index (χ4n) is 1.98. The van der Waals surface area contributed by atoms with Crippen molar-refractivity contribution in [2.24, 2.45) is 5.10 Å². The van der Waals surface area contributed by atoms with E-state index in [-0.39, 0.29) is 0 Å². The van der Waals surface area contributed by atoms with Gasteiger partial charge in [0, 0.05) is 5.56 Å². The summed E-state index contributed by atoms with van der Waals surface area (Å²) in [6.07, 6.45) is -10.0. The maximum Gasteiger partial charge on any atom is 0.435 e. The summed E-state index contributed by atoms with van der Waals surface area (Å²) in [5.41, 5.74) is -3.56. The molecule has 140 valence electrons. The summed E-state index contributed by atoms with van der Waals surface area (Å²) in [4.78, 5) is 0.00239. The van der Waals surface area contributed by atoms with Crippen LogP contribution in [0.25, 0.3) is 0 Å². The maximum absolute atomic E-state index is 13.1. The molecule has 0 spiro atoms. The van der Waals surface area contributed by atoms with Gasteiger partial charge in [-0.25, -0.2) is 0 Å². The molecule has 0 amide bonds. The number of hydrazone groups is 1. The van der Waals surface area contributed by atoms with E-state index in [2.05, 4.69) is 5.10 Å². The zero-order valence-corrected chi connectivity index (χ0v) is 13.5. The number of alkyl halides is 6. The summed E-state index contributed by atoms with van der Waals surface area (Å²) in [5, 5.41) is 2.82. The summed E-state index contributed by atoms with van der Waals surface area (Å²) in [7, 11) is -4.99. The van der Waals surface area contributed by atoms with Crippen LogP contribution in [-0.2, 0) is 16.2 Å². The second-order valence-corrected chi connectivity index (χ2v) is 6.54. The Morgan fingerprint density at radius 1 is 0.846 bits per heavy atom. The zero-order valence-electron chi connectivity index (χ0n) is 12.6. The smallest absolute Gasteiger partial charge is 0.200 e. The molecule has 2 aromatic rings. The molecule has 0 aromatic heterocycles. The van der Waals surface area contributed by atoms with Crippen LogP contribution in [-0.4, -0.2) is 20.3 Å². The summed E-state index contributed by atoms with van der Waals surface area (Å²) in [5.74, 6) is 0. The van der Waals surface area contributed by atoms with Crippen molar-refractivity contribution in [3.8, 4) is 0 Å². The Morgan fingerprint density at radius 2 is 1.38 bits per heavy atom. The molecule has 0 aliphatic carbocycles. The van der Waals surface area contributed by atoms with Gasteiger partial charge in [0.05, 0.1) is 5.56 Å². The molecule has 0 unspecified atom stereocenters. The van der Waals surface area contributed by atoms with Crippen molar-refractivity contribution in [2.45, 2.75) is 17.2 Å². The van der Waals surface area contributed by atoms with Gasteiger partial charge in [-0.1, -0.05) is 42.5 Å². The van der Waals surface area contributed by atoms with Gasteiger partial charge in [-0.2, -0.15) is 44.7 Å². The summed E-state index contributed by atoms with van der Waals surface area (Å²) in [6, 6.07) is 9.12. The molecule has 0 saturated heterocycles. The van der Waals surface area contributed by atoms with Crippen LogP contribution < -0.4 is 4.83 Å². The third-order valence-corrected chi connectivity index (χ3v) is 4.34. The largest absolute Gasteiger partial charge is 0.435 e. The quantitative estimate of drug-likeness (QED) is 0.483. The molecule has 2 aromatic carbocycles.